The Morgan fingerprint density at radius 3 is 2.54 bits per heavy atom. The fourth-order valence-corrected chi connectivity index (χ4v) is 2.87. The lowest BCUT2D eigenvalue weighted by Crippen LogP contribution is -2.42. The summed E-state index contributed by atoms with van der Waals surface area (Å²) in [6, 6.07) is 6.20. The first kappa shape index (κ1) is 19.8. The summed E-state index contributed by atoms with van der Waals surface area (Å²) in [5.74, 6) is -1.30. The quantitative estimate of drug-likeness (QED) is 0.541. The van der Waals surface area contributed by atoms with Crippen LogP contribution in [0.15, 0.2) is 29.2 Å². The van der Waals surface area contributed by atoms with E-state index in [1.54, 1.807) is 38.4 Å². The third-order valence-electron chi connectivity index (χ3n) is 3.46. The minimum absolute atomic E-state index is 0.0841. The molecule has 1 fully saturated rings. The molecule has 4 amide bonds. The number of ether oxygens (including phenoxy) is 1. The number of carbonyl (C=O) groups is 4. The highest BCUT2D eigenvalue weighted by Crippen LogP contribution is 2.23. The highest BCUT2D eigenvalue weighted by atomic mass is 32.2. The van der Waals surface area contributed by atoms with E-state index in [0.29, 0.717) is 4.90 Å². The van der Waals surface area contributed by atoms with E-state index < -0.39 is 24.5 Å². The van der Waals surface area contributed by atoms with Crippen molar-refractivity contribution in [3.05, 3.63) is 29.8 Å². The van der Waals surface area contributed by atoms with Gasteiger partial charge >= 0.3 is 12.0 Å². The standard InChI is InChI=1S/C17H21N3O5S/c1-20(2)15(22)10-26-13-6-4-3-5-12(13)16(23)25-9-14(21)19-17(24)18-11-7-8-11/h3-6,11H,7-10H2,1-2H3,(H2,18,19,21,24). The van der Waals surface area contributed by atoms with Crippen LogP contribution in [0.1, 0.15) is 23.2 Å². The van der Waals surface area contributed by atoms with E-state index in [0.717, 1.165) is 12.8 Å². The highest BCUT2D eigenvalue weighted by molar-refractivity contribution is 8.00. The van der Waals surface area contributed by atoms with Crippen LogP contribution in [0.3, 0.4) is 0 Å². The molecule has 0 spiro atoms. The van der Waals surface area contributed by atoms with Crippen LogP contribution in [-0.2, 0) is 14.3 Å². The zero-order valence-corrected chi connectivity index (χ0v) is 15.4. The molecule has 26 heavy (non-hydrogen) atoms. The van der Waals surface area contributed by atoms with Gasteiger partial charge in [0.05, 0.1) is 11.3 Å². The van der Waals surface area contributed by atoms with Gasteiger partial charge in [-0.3, -0.25) is 14.9 Å². The second kappa shape index (κ2) is 9.23. The molecule has 1 saturated carbocycles. The first-order valence-corrected chi connectivity index (χ1v) is 9.05. The molecule has 2 N–H and O–H groups in total. The van der Waals surface area contributed by atoms with Gasteiger partial charge in [-0.1, -0.05) is 12.1 Å². The number of benzene rings is 1. The van der Waals surface area contributed by atoms with Gasteiger partial charge < -0.3 is 15.0 Å². The van der Waals surface area contributed by atoms with Gasteiger partial charge in [0.2, 0.25) is 5.91 Å². The van der Waals surface area contributed by atoms with Gasteiger partial charge in [-0.2, -0.15) is 0 Å². The number of hydrogen-bond acceptors (Lipinski definition) is 6. The fraction of sp³-hybridized carbons (Fsp3) is 0.412. The van der Waals surface area contributed by atoms with E-state index in [4.69, 9.17) is 4.74 Å². The second-order valence-corrected chi connectivity index (χ2v) is 6.96. The van der Waals surface area contributed by atoms with E-state index in [1.165, 1.54) is 16.7 Å². The van der Waals surface area contributed by atoms with E-state index in [1.807, 2.05) is 0 Å². The van der Waals surface area contributed by atoms with Crippen LogP contribution in [0.2, 0.25) is 0 Å². The minimum atomic E-state index is -0.704. The third kappa shape index (κ3) is 6.40. The normalized spacial score (nSPS) is 12.8. The number of rotatable bonds is 7. The summed E-state index contributed by atoms with van der Waals surface area (Å²) in [5, 5.41) is 4.70. The van der Waals surface area contributed by atoms with Gasteiger partial charge in [0.25, 0.3) is 5.91 Å². The van der Waals surface area contributed by atoms with Crippen molar-refractivity contribution in [1.82, 2.24) is 15.5 Å². The Morgan fingerprint density at radius 2 is 1.88 bits per heavy atom. The van der Waals surface area contributed by atoms with Crippen LogP contribution in [0.5, 0.6) is 0 Å². The molecule has 0 unspecified atom stereocenters. The molecule has 0 aliphatic heterocycles. The molecule has 0 heterocycles. The molecule has 0 atom stereocenters. The smallest absolute Gasteiger partial charge is 0.339 e. The van der Waals surface area contributed by atoms with Gasteiger partial charge in [-0.15, -0.1) is 11.8 Å². The molecule has 0 saturated heterocycles. The Labute approximate surface area is 155 Å². The molecule has 0 radical (unpaired) electrons. The van der Waals surface area contributed by atoms with Gasteiger partial charge in [-0.05, 0) is 25.0 Å². The molecule has 9 heteroatoms. The number of amides is 4. The minimum Gasteiger partial charge on any atom is -0.452 e. The number of nitrogens with zero attached hydrogens (tertiary/aromatic N) is 1. The van der Waals surface area contributed by atoms with Crippen molar-refractivity contribution in [1.29, 1.82) is 0 Å². The van der Waals surface area contributed by atoms with Crippen LogP contribution in [0.25, 0.3) is 0 Å². The molecule has 2 rings (SSSR count). The zero-order chi connectivity index (χ0) is 19.1. The summed E-state index contributed by atoms with van der Waals surface area (Å²) < 4.78 is 4.97. The summed E-state index contributed by atoms with van der Waals surface area (Å²) in [6.07, 6.45) is 1.81. The maximum absolute atomic E-state index is 12.2. The Bertz CT molecular complexity index is 703. The maximum Gasteiger partial charge on any atom is 0.339 e. The Hall–Kier alpha value is -2.55. The van der Waals surface area contributed by atoms with Gasteiger partial charge in [0.15, 0.2) is 6.61 Å². The lowest BCUT2D eigenvalue weighted by Gasteiger charge is -2.12. The lowest BCUT2D eigenvalue weighted by molar-refractivity contribution is -0.126. The number of hydrogen-bond donors (Lipinski definition) is 2. The van der Waals surface area contributed by atoms with Crippen LogP contribution in [-0.4, -0.2) is 61.2 Å². The fourth-order valence-electron chi connectivity index (χ4n) is 1.85. The highest BCUT2D eigenvalue weighted by Gasteiger charge is 2.24. The monoisotopic (exact) mass is 379 g/mol. The summed E-state index contributed by atoms with van der Waals surface area (Å²) in [6.45, 7) is -0.563. The number of carbonyl (C=O) groups excluding carboxylic acids is 4. The molecule has 8 nitrogen and oxygen atoms in total. The molecular formula is C17H21N3O5S. The summed E-state index contributed by atoms with van der Waals surface area (Å²) in [4.78, 5) is 49.1. The van der Waals surface area contributed by atoms with Crippen molar-refractivity contribution in [2.24, 2.45) is 0 Å². The second-order valence-electron chi connectivity index (χ2n) is 5.95. The average Bonchev–Trinajstić information content (AvgIpc) is 3.41. The number of thioether (sulfide) groups is 1. The van der Waals surface area contributed by atoms with Crippen molar-refractivity contribution >= 4 is 35.6 Å². The van der Waals surface area contributed by atoms with E-state index in [2.05, 4.69) is 10.6 Å². The first-order chi connectivity index (χ1) is 12.4. The number of imide groups is 1. The Balaban J connectivity index is 1.85. The van der Waals surface area contributed by atoms with Crippen molar-refractivity contribution in [3.63, 3.8) is 0 Å². The maximum atomic E-state index is 12.2. The van der Waals surface area contributed by atoms with Crippen molar-refractivity contribution in [3.8, 4) is 0 Å². The van der Waals surface area contributed by atoms with E-state index >= 15 is 0 Å². The van der Waals surface area contributed by atoms with Gasteiger partial charge in [0, 0.05) is 25.0 Å². The van der Waals surface area contributed by atoms with Gasteiger partial charge in [-0.25, -0.2) is 9.59 Å². The summed E-state index contributed by atoms with van der Waals surface area (Å²) in [5.41, 5.74) is 0.263. The number of esters is 1. The van der Waals surface area contributed by atoms with Crippen LogP contribution in [0, 0.1) is 0 Å². The SMILES string of the molecule is CN(C)C(=O)CSc1ccccc1C(=O)OCC(=O)NC(=O)NC1CC1. The molecule has 140 valence electrons. The molecule has 1 aromatic carbocycles. The Morgan fingerprint density at radius 1 is 1.19 bits per heavy atom. The van der Waals surface area contributed by atoms with Gasteiger partial charge in [0.1, 0.15) is 0 Å². The zero-order valence-electron chi connectivity index (χ0n) is 14.6. The average molecular weight is 379 g/mol. The molecule has 1 aromatic rings. The topological polar surface area (TPSA) is 105 Å². The largest absolute Gasteiger partial charge is 0.452 e. The third-order valence-corrected chi connectivity index (χ3v) is 4.52. The molecule has 1 aliphatic rings. The number of urea groups is 1. The van der Waals surface area contributed by atoms with Crippen molar-refractivity contribution < 1.29 is 23.9 Å². The summed E-state index contributed by atoms with van der Waals surface area (Å²) in [7, 11) is 3.31. The van der Waals surface area contributed by atoms with E-state index in [9.17, 15) is 19.2 Å². The number of nitrogens with one attached hydrogen (secondary N) is 2. The Kier molecular flexibility index (Phi) is 7.02. The van der Waals surface area contributed by atoms with Crippen molar-refractivity contribution in [2.45, 2.75) is 23.8 Å². The van der Waals surface area contributed by atoms with Crippen LogP contribution < -0.4 is 10.6 Å². The van der Waals surface area contributed by atoms with Crippen molar-refractivity contribution in [2.75, 3.05) is 26.5 Å². The molecule has 1 aliphatic carbocycles. The molecule has 0 bridgehead atoms. The molecule has 0 aromatic heterocycles. The molecular weight excluding hydrogens is 358 g/mol. The summed E-state index contributed by atoms with van der Waals surface area (Å²) >= 11 is 1.21. The van der Waals surface area contributed by atoms with Crippen LogP contribution in [0.4, 0.5) is 4.79 Å². The lowest BCUT2D eigenvalue weighted by atomic mass is 10.2. The van der Waals surface area contributed by atoms with Crippen LogP contribution >= 0.6 is 11.8 Å². The predicted octanol–water partition coefficient (Wildman–Crippen LogP) is 1.01. The predicted molar refractivity (Wildman–Crippen MR) is 95.8 cm³/mol. The van der Waals surface area contributed by atoms with E-state index in [-0.39, 0.29) is 23.3 Å². The first-order valence-electron chi connectivity index (χ1n) is 8.06.